The lowest BCUT2D eigenvalue weighted by molar-refractivity contribution is -0.125. The zero-order chi connectivity index (χ0) is 45.0. The fourth-order valence-corrected chi connectivity index (χ4v) is 6.08. The van der Waals surface area contributed by atoms with E-state index in [4.69, 9.17) is 9.73 Å². The molecule has 2 aromatic carbocycles. The Labute approximate surface area is 360 Å². The van der Waals surface area contributed by atoms with Crippen molar-refractivity contribution in [3.8, 4) is 0 Å². The van der Waals surface area contributed by atoms with Crippen molar-refractivity contribution >= 4 is 57.9 Å². The summed E-state index contributed by atoms with van der Waals surface area (Å²) in [6.45, 7) is 33.0. The van der Waals surface area contributed by atoms with Crippen molar-refractivity contribution in [2.45, 2.75) is 87.3 Å². The summed E-state index contributed by atoms with van der Waals surface area (Å²) in [5.74, 6) is -0.00701. The van der Waals surface area contributed by atoms with E-state index in [-0.39, 0.29) is 25.0 Å². The second kappa shape index (κ2) is 36.3. The number of ether oxygens (including phenoxy) is 1. The molecule has 0 radical (unpaired) electrons. The van der Waals surface area contributed by atoms with E-state index in [2.05, 4.69) is 47.1 Å². The first-order valence-corrected chi connectivity index (χ1v) is 21.5. The first kappa shape index (κ1) is 56.3. The summed E-state index contributed by atoms with van der Waals surface area (Å²) in [6.07, 6.45) is 11.4. The van der Waals surface area contributed by atoms with Crippen molar-refractivity contribution in [3.05, 3.63) is 104 Å². The highest BCUT2D eigenvalue weighted by Crippen LogP contribution is 2.41. The number of anilines is 2. The zero-order valence-electron chi connectivity index (χ0n) is 37.6. The summed E-state index contributed by atoms with van der Waals surface area (Å²) in [6, 6.07) is 15.3. The monoisotopic (exact) mass is 837 g/mol. The lowest BCUT2D eigenvalue weighted by Crippen LogP contribution is -2.36. The van der Waals surface area contributed by atoms with Crippen LogP contribution in [0.15, 0.2) is 109 Å². The molecule has 3 amide bonds. The van der Waals surface area contributed by atoms with Crippen LogP contribution >= 0.6 is 11.8 Å². The third-order valence-electron chi connectivity index (χ3n) is 8.03. The summed E-state index contributed by atoms with van der Waals surface area (Å²) in [4.78, 5) is 51.9. The Morgan fingerprint density at radius 1 is 1.02 bits per heavy atom. The number of amides is 3. The number of allylic oxidation sites excluding steroid dienone is 4. The first-order valence-electron chi connectivity index (χ1n) is 20.6. The predicted octanol–water partition coefficient (Wildman–Crippen LogP) is 11.2. The van der Waals surface area contributed by atoms with E-state index in [9.17, 15) is 18.8 Å². The van der Waals surface area contributed by atoms with E-state index in [0.717, 1.165) is 55.4 Å². The van der Waals surface area contributed by atoms with Crippen LogP contribution in [-0.4, -0.2) is 91.5 Å². The van der Waals surface area contributed by atoms with Crippen LogP contribution in [0, 0.1) is 5.92 Å². The van der Waals surface area contributed by atoms with Gasteiger partial charge >= 0.3 is 0 Å². The largest absolute Gasteiger partial charge is 0.378 e. The van der Waals surface area contributed by atoms with Gasteiger partial charge in [0.05, 0.1) is 38.7 Å². The lowest BCUT2D eigenvalue weighted by Gasteiger charge is -2.28. The Morgan fingerprint density at radius 3 is 2.08 bits per heavy atom. The lowest BCUT2D eigenvalue weighted by atomic mass is 10.1. The minimum atomic E-state index is -0.481. The number of nitrogens with zero attached hydrogens (tertiary/aromatic N) is 5. The molecular formula is C47H73FN6O4S. The number of halogens is 1. The number of carbonyl (C=O) groups is 3. The number of carbonyl (C=O) groups excluding carboxylic acids is 3. The van der Waals surface area contributed by atoms with Gasteiger partial charge in [-0.3, -0.25) is 28.7 Å². The average molecular weight is 837 g/mol. The molecule has 2 heterocycles. The van der Waals surface area contributed by atoms with Crippen molar-refractivity contribution in [1.29, 1.82) is 0 Å². The topological polar surface area (TPSA) is 107 Å². The highest BCUT2D eigenvalue weighted by Gasteiger charge is 2.39. The number of nitrogens with one attached hydrogen (secondary N) is 1. The third kappa shape index (κ3) is 22.8. The van der Waals surface area contributed by atoms with Crippen molar-refractivity contribution < 1.29 is 23.5 Å². The molecule has 2 saturated heterocycles. The van der Waals surface area contributed by atoms with Crippen LogP contribution in [0.3, 0.4) is 0 Å². The summed E-state index contributed by atoms with van der Waals surface area (Å²) < 4.78 is 16.8. The number of hydrogen-bond acceptors (Lipinski definition) is 8. The van der Waals surface area contributed by atoms with Crippen LogP contribution in [0.2, 0.25) is 0 Å². The molecule has 59 heavy (non-hydrogen) atoms. The Morgan fingerprint density at radius 2 is 1.61 bits per heavy atom. The fraction of sp³-hybridized carbons (Fsp3) is 0.468. The molecule has 12 heteroatoms. The highest BCUT2D eigenvalue weighted by atomic mass is 32.2. The number of thioether (sulfide) groups is 1. The molecule has 0 aliphatic carbocycles. The molecule has 2 unspecified atom stereocenters. The van der Waals surface area contributed by atoms with Gasteiger partial charge < -0.3 is 19.9 Å². The molecule has 4 rings (SSSR count). The number of morpholine rings is 1. The van der Waals surface area contributed by atoms with Gasteiger partial charge in [-0.05, 0) is 88.4 Å². The Kier molecular flexibility index (Phi) is 34.6. The number of aliphatic imine (C=N–C) groups is 2. The van der Waals surface area contributed by atoms with E-state index in [1.165, 1.54) is 16.7 Å². The molecule has 2 aliphatic heterocycles. The number of hydrogen-bond donors (Lipinski definition) is 1. The minimum absolute atomic E-state index is 0.00755. The molecule has 2 aliphatic rings. The molecular weight excluding hydrogens is 764 g/mol. The van der Waals surface area contributed by atoms with Crippen molar-refractivity contribution in [1.82, 2.24) is 9.80 Å². The summed E-state index contributed by atoms with van der Waals surface area (Å²) in [5, 5.41) is 2.95. The first-order chi connectivity index (χ1) is 28.6. The highest BCUT2D eigenvalue weighted by molar-refractivity contribution is 8.15. The Bertz CT molecular complexity index is 1550. The summed E-state index contributed by atoms with van der Waals surface area (Å²) in [5.41, 5.74) is 4.09. The quantitative estimate of drug-likeness (QED) is 0.109. The van der Waals surface area contributed by atoms with Gasteiger partial charge in [0.25, 0.3) is 0 Å². The van der Waals surface area contributed by atoms with Crippen molar-refractivity contribution in [2.24, 2.45) is 15.9 Å². The van der Waals surface area contributed by atoms with Gasteiger partial charge in [-0.15, -0.1) is 19.7 Å². The molecule has 1 N–H and O–H groups in total. The van der Waals surface area contributed by atoms with Crippen LogP contribution in [0.4, 0.5) is 21.5 Å². The minimum Gasteiger partial charge on any atom is -0.378 e. The van der Waals surface area contributed by atoms with Crippen LogP contribution < -0.4 is 10.2 Å². The second-order valence-corrected chi connectivity index (χ2v) is 13.5. The fourth-order valence-electron chi connectivity index (χ4n) is 4.91. The van der Waals surface area contributed by atoms with Crippen LogP contribution in [0.1, 0.15) is 92.9 Å². The van der Waals surface area contributed by atoms with E-state index >= 15 is 0 Å². The molecule has 0 spiro atoms. The van der Waals surface area contributed by atoms with Crippen molar-refractivity contribution in [2.75, 3.05) is 62.8 Å². The summed E-state index contributed by atoms with van der Waals surface area (Å²) >= 11 is 1.40. The van der Waals surface area contributed by atoms with Gasteiger partial charge in [-0.1, -0.05) is 89.7 Å². The summed E-state index contributed by atoms with van der Waals surface area (Å²) in [7, 11) is 0. The van der Waals surface area contributed by atoms with Crippen LogP contribution in [-0.2, 0) is 19.1 Å². The number of alkyl halides is 1. The SMILES string of the molecule is C/C=C\C.C/C=C\N=C(C)CN1C(=O)C(c2ccc(NC(=O)CN(C=O)CCC)cc2)SC1=Nc1ccc(N2CCOCC2)cc1.C=C.C=CC(C)CCF.CC.CC. The predicted molar refractivity (Wildman–Crippen MR) is 254 cm³/mol. The van der Waals surface area contributed by atoms with E-state index in [0.29, 0.717) is 42.7 Å². The number of rotatable bonds is 15. The smallest absolute Gasteiger partial charge is 0.247 e. The third-order valence-corrected chi connectivity index (χ3v) is 9.26. The van der Waals surface area contributed by atoms with Gasteiger partial charge in [0, 0.05) is 42.9 Å². The standard InChI is InChI=1S/C31H38N6O4S.C6H11F.C4H8.2C2H6.C2H4/c1-4-14-32-23(3)20-37-30(40)29(24-6-8-25(9-7-24)33-28(39)21-35(22-38)15-5-2)42-31(37)34-26-10-12-27(13-11-26)36-16-18-41-19-17-36;1-3-6(2)4-5-7;1-3-4-2;3*1-2/h4,6-14,22,29H,5,15-21H2,1-3H3,(H,33,39);3,6H,1,4-5H2,2H3;3-4H,1-2H3;2*1-2H3;1-2H2/b14-4-,32-23?,34-31?;;4-3-;;;. The Balaban J connectivity index is 0. The number of amidine groups is 1. The molecule has 0 bridgehead atoms. The second-order valence-electron chi connectivity index (χ2n) is 12.4. The van der Waals surface area contributed by atoms with E-state index in [1.54, 1.807) is 29.3 Å². The molecule has 328 valence electrons. The van der Waals surface area contributed by atoms with Gasteiger partial charge in [0.15, 0.2) is 5.17 Å². The molecule has 0 aromatic heterocycles. The van der Waals surface area contributed by atoms with Gasteiger partial charge in [0.1, 0.15) is 5.25 Å². The zero-order valence-corrected chi connectivity index (χ0v) is 38.4. The maximum atomic E-state index is 13.7. The maximum absolute atomic E-state index is 13.7. The average Bonchev–Trinajstić information content (AvgIpc) is 3.58. The molecule has 2 atom stereocenters. The Hall–Kier alpha value is -4.81. The van der Waals surface area contributed by atoms with Crippen LogP contribution in [0.25, 0.3) is 0 Å². The van der Waals surface area contributed by atoms with Crippen LogP contribution in [0.5, 0.6) is 0 Å². The van der Waals surface area contributed by atoms with E-state index in [1.807, 2.05) is 112 Å². The molecule has 0 saturated carbocycles. The molecule has 10 nitrogen and oxygen atoms in total. The molecule has 2 aromatic rings. The number of benzene rings is 2. The van der Waals surface area contributed by atoms with Crippen molar-refractivity contribution in [3.63, 3.8) is 0 Å². The van der Waals surface area contributed by atoms with Gasteiger partial charge in [0.2, 0.25) is 18.2 Å². The van der Waals surface area contributed by atoms with Gasteiger partial charge in [-0.2, -0.15) is 0 Å². The normalized spacial score (nSPS) is 15.8. The molecule has 2 fully saturated rings. The van der Waals surface area contributed by atoms with E-state index < -0.39 is 5.25 Å². The van der Waals surface area contributed by atoms with Gasteiger partial charge in [-0.25, -0.2) is 4.99 Å². The maximum Gasteiger partial charge on any atom is 0.247 e.